The van der Waals surface area contributed by atoms with Crippen LogP contribution in [0.5, 0.6) is 0 Å². The molecule has 2 rings (SSSR count). The Bertz CT molecular complexity index is 848. The van der Waals surface area contributed by atoms with Crippen molar-refractivity contribution in [1.82, 2.24) is 4.31 Å². The molecule has 0 aromatic heterocycles. The Hall–Kier alpha value is -2.42. The van der Waals surface area contributed by atoms with Crippen LogP contribution in [-0.4, -0.2) is 25.8 Å². The van der Waals surface area contributed by atoms with E-state index in [4.69, 9.17) is 6.42 Å². The van der Waals surface area contributed by atoms with Gasteiger partial charge in [-0.25, -0.2) is 12.8 Å². The van der Waals surface area contributed by atoms with E-state index in [1.54, 1.807) is 48.6 Å². The van der Waals surface area contributed by atoms with Gasteiger partial charge in [0.2, 0.25) is 10.0 Å². The van der Waals surface area contributed by atoms with Crippen LogP contribution < -0.4 is 0 Å². The second-order valence-electron chi connectivity index (χ2n) is 5.27. The molecule has 0 saturated carbocycles. The van der Waals surface area contributed by atoms with Crippen molar-refractivity contribution in [2.45, 2.75) is 11.8 Å². The lowest BCUT2D eigenvalue weighted by Gasteiger charge is -2.18. The van der Waals surface area contributed by atoms with Crippen molar-refractivity contribution in [3.05, 3.63) is 71.6 Å². The highest BCUT2D eigenvalue weighted by Crippen LogP contribution is 2.16. The van der Waals surface area contributed by atoms with Crippen molar-refractivity contribution in [3.63, 3.8) is 0 Å². The van der Waals surface area contributed by atoms with Gasteiger partial charge in [-0.1, -0.05) is 47.9 Å². The second-order valence-corrected chi connectivity index (χ2v) is 7.21. The van der Waals surface area contributed by atoms with E-state index in [-0.39, 0.29) is 23.8 Å². The molecule has 0 N–H and O–H groups in total. The van der Waals surface area contributed by atoms with E-state index in [2.05, 4.69) is 5.92 Å². The SMILES string of the molecule is C#CCN(C/C=C/c1ccc(F)cc1)S(=O)(=O)c1ccc(C)cc1. The fourth-order valence-electron chi connectivity index (χ4n) is 2.09. The number of rotatable bonds is 6. The third-order valence-corrected chi connectivity index (χ3v) is 5.24. The molecule has 24 heavy (non-hydrogen) atoms. The maximum absolute atomic E-state index is 12.9. The summed E-state index contributed by atoms with van der Waals surface area (Å²) in [5.74, 6) is 2.06. The molecule has 0 bridgehead atoms. The fourth-order valence-corrected chi connectivity index (χ4v) is 3.39. The fraction of sp³-hybridized carbons (Fsp3) is 0.158. The standard InChI is InChI=1S/C19H18FNO2S/c1-3-14-21(15-4-5-17-8-10-18(20)11-9-17)24(22,23)19-12-6-16(2)7-13-19/h1,4-13H,14-15H2,2H3/b5-4+. The van der Waals surface area contributed by atoms with Crippen molar-refractivity contribution < 1.29 is 12.8 Å². The summed E-state index contributed by atoms with van der Waals surface area (Å²) in [6, 6.07) is 12.6. The number of aryl methyl sites for hydroxylation is 1. The van der Waals surface area contributed by atoms with Gasteiger partial charge in [-0.2, -0.15) is 4.31 Å². The zero-order valence-corrected chi connectivity index (χ0v) is 14.1. The largest absolute Gasteiger partial charge is 0.244 e. The van der Waals surface area contributed by atoms with Crippen LogP contribution in [0, 0.1) is 25.1 Å². The van der Waals surface area contributed by atoms with E-state index in [0.717, 1.165) is 11.1 Å². The topological polar surface area (TPSA) is 37.4 Å². The summed E-state index contributed by atoms with van der Waals surface area (Å²) < 4.78 is 39.4. The average molecular weight is 343 g/mol. The number of hydrogen-bond acceptors (Lipinski definition) is 2. The predicted octanol–water partition coefficient (Wildman–Crippen LogP) is 3.47. The van der Waals surface area contributed by atoms with Crippen LogP contribution in [0.2, 0.25) is 0 Å². The van der Waals surface area contributed by atoms with Gasteiger partial charge in [0, 0.05) is 6.54 Å². The van der Waals surface area contributed by atoms with Crippen molar-refractivity contribution in [1.29, 1.82) is 0 Å². The maximum Gasteiger partial charge on any atom is 0.244 e. The summed E-state index contributed by atoms with van der Waals surface area (Å²) in [4.78, 5) is 0.207. The lowest BCUT2D eigenvalue weighted by atomic mass is 10.2. The van der Waals surface area contributed by atoms with Gasteiger partial charge < -0.3 is 0 Å². The molecular weight excluding hydrogens is 325 g/mol. The molecule has 0 radical (unpaired) electrons. The summed E-state index contributed by atoms with van der Waals surface area (Å²) in [6.07, 6.45) is 8.73. The number of benzene rings is 2. The summed E-state index contributed by atoms with van der Waals surface area (Å²) in [5.41, 5.74) is 1.76. The molecular formula is C19H18FNO2S. The molecule has 0 fully saturated rings. The molecule has 0 atom stereocenters. The Balaban J connectivity index is 2.18. The minimum atomic E-state index is -3.66. The molecule has 0 aliphatic carbocycles. The monoisotopic (exact) mass is 343 g/mol. The Labute approximate surface area is 142 Å². The Morgan fingerprint density at radius 2 is 1.75 bits per heavy atom. The number of terminal acetylenes is 1. The van der Waals surface area contributed by atoms with E-state index in [0.29, 0.717) is 0 Å². The predicted molar refractivity (Wildman–Crippen MR) is 94.2 cm³/mol. The normalized spacial score (nSPS) is 11.8. The van der Waals surface area contributed by atoms with Gasteiger partial charge >= 0.3 is 0 Å². The van der Waals surface area contributed by atoms with Crippen molar-refractivity contribution >= 4 is 16.1 Å². The Morgan fingerprint density at radius 3 is 2.33 bits per heavy atom. The van der Waals surface area contributed by atoms with Gasteiger partial charge in [0.25, 0.3) is 0 Å². The molecule has 0 spiro atoms. The number of halogens is 1. The highest BCUT2D eigenvalue weighted by molar-refractivity contribution is 7.89. The van der Waals surface area contributed by atoms with Gasteiger partial charge in [-0.15, -0.1) is 6.42 Å². The minimum absolute atomic E-state index is 0.0238. The summed E-state index contributed by atoms with van der Waals surface area (Å²) in [5, 5.41) is 0. The molecule has 0 saturated heterocycles. The van der Waals surface area contributed by atoms with Gasteiger partial charge in [0.15, 0.2) is 0 Å². The quantitative estimate of drug-likeness (QED) is 0.753. The van der Waals surface area contributed by atoms with E-state index < -0.39 is 10.0 Å². The Kier molecular flexibility index (Phi) is 5.91. The van der Waals surface area contributed by atoms with E-state index >= 15 is 0 Å². The van der Waals surface area contributed by atoms with Gasteiger partial charge in [-0.05, 0) is 36.8 Å². The van der Waals surface area contributed by atoms with Gasteiger partial charge in [0.05, 0.1) is 11.4 Å². The van der Waals surface area contributed by atoms with Gasteiger partial charge in [-0.3, -0.25) is 0 Å². The van der Waals surface area contributed by atoms with Crippen molar-refractivity contribution in [2.24, 2.45) is 0 Å². The van der Waals surface area contributed by atoms with Crippen molar-refractivity contribution in [3.8, 4) is 12.3 Å². The molecule has 3 nitrogen and oxygen atoms in total. The van der Waals surface area contributed by atoms with Crippen LogP contribution in [0.4, 0.5) is 4.39 Å². The third kappa shape index (κ3) is 4.54. The van der Waals surface area contributed by atoms with Gasteiger partial charge in [0.1, 0.15) is 5.82 Å². The molecule has 2 aromatic rings. The highest BCUT2D eigenvalue weighted by atomic mass is 32.2. The summed E-state index contributed by atoms with van der Waals surface area (Å²) in [6.45, 7) is 2.00. The molecule has 0 unspecified atom stereocenters. The first kappa shape index (κ1) is 17.9. The molecule has 124 valence electrons. The number of hydrogen-bond donors (Lipinski definition) is 0. The molecule has 0 amide bonds. The zero-order valence-electron chi connectivity index (χ0n) is 13.3. The van der Waals surface area contributed by atoms with E-state index in [1.165, 1.54) is 16.4 Å². The minimum Gasteiger partial charge on any atom is -0.207 e. The smallest absolute Gasteiger partial charge is 0.207 e. The molecule has 0 aliphatic heterocycles. The molecule has 5 heteroatoms. The number of sulfonamides is 1. The van der Waals surface area contributed by atoms with Crippen molar-refractivity contribution in [2.75, 3.05) is 13.1 Å². The molecule has 2 aromatic carbocycles. The lowest BCUT2D eigenvalue weighted by Crippen LogP contribution is -2.31. The average Bonchev–Trinajstić information content (AvgIpc) is 2.56. The maximum atomic E-state index is 12.9. The highest BCUT2D eigenvalue weighted by Gasteiger charge is 2.22. The molecule has 0 aliphatic rings. The zero-order chi connectivity index (χ0) is 17.6. The first-order valence-corrected chi connectivity index (χ1v) is 8.80. The van der Waals surface area contributed by atoms with Crippen LogP contribution in [0.3, 0.4) is 0 Å². The number of nitrogens with zero attached hydrogens (tertiary/aromatic N) is 1. The first-order chi connectivity index (χ1) is 11.4. The van der Waals surface area contributed by atoms with Crippen LogP contribution >= 0.6 is 0 Å². The summed E-state index contributed by atoms with van der Waals surface area (Å²) in [7, 11) is -3.66. The van der Waals surface area contributed by atoms with Crippen LogP contribution in [0.1, 0.15) is 11.1 Å². The molecule has 0 heterocycles. The third-order valence-electron chi connectivity index (χ3n) is 3.42. The van der Waals surface area contributed by atoms with E-state index in [9.17, 15) is 12.8 Å². The summed E-state index contributed by atoms with van der Waals surface area (Å²) >= 11 is 0. The van der Waals surface area contributed by atoms with E-state index in [1.807, 2.05) is 6.92 Å². The Morgan fingerprint density at radius 1 is 1.12 bits per heavy atom. The van der Waals surface area contributed by atoms with Crippen LogP contribution in [-0.2, 0) is 10.0 Å². The lowest BCUT2D eigenvalue weighted by molar-refractivity contribution is 0.478. The second kappa shape index (κ2) is 7.91. The van der Waals surface area contributed by atoms with Crippen LogP contribution in [0.25, 0.3) is 6.08 Å². The van der Waals surface area contributed by atoms with Crippen LogP contribution in [0.15, 0.2) is 59.5 Å². The first-order valence-electron chi connectivity index (χ1n) is 7.36.